The van der Waals surface area contributed by atoms with E-state index in [4.69, 9.17) is 9.47 Å². The summed E-state index contributed by atoms with van der Waals surface area (Å²) in [6.45, 7) is 8.53. The van der Waals surface area contributed by atoms with Gasteiger partial charge in [0.05, 0.1) is 12.7 Å². The van der Waals surface area contributed by atoms with Crippen LogP contribution in [0.3, 0.4) is 0 Å². The fraction of sp³-hybridized carbons (Fsp3) is 0.600. The summed E-state index contributed by atoms with van der Waals surface area (Å²) in [4.78, 5) is 0. The Labute approximate surface area is 105 Å². The van der Waals surface area contributed by atoms with Gasteiger partial charge in [0.25, 0.3) is 0 Å². The molecule has 0 saturated heterocycles. The zero-order chi connectivity index (χ0) is 13.1. The van der Waals surface area contributed by atoms with Gasteiger partial charge in [-0.2, -0.15) is 0 Å². The predicted molar refractivity (Wildman–Crippen MR) is 71.7 cm³/mol. The molecule has 0 fully saturated rings. The molecular weight excluding hydrogens is 212 g/mol. The molecule has 0 aliphatic rings. The summed E-state index contributed by atoms with van der Waals surface area (Å²) < 4.78 is 11.0. The van der Waals surface area contributed by atoms with Crippen LogP contribution in [-0.2, 0) is 10.3 Å². The van der Waals surface area contributed by atoms with E-state index in [2.05, 4.69) is 32.0 Å². The Kier molecular flexibility index (Phi) is 4.58. The minimum absolute atomic E-state index is 0.320. The summed E-state index contributed by atoms with van der Waals surface area (Å²) in [5, 5.41) is 0. The molecule has 0 aromatic heterocycles. The fourth-order valence-corrected chi connectivity index (χ4v) is 1.86. The van der Waals surface area contributed by atoms with Crippen molar-refractivity contribution < 1.29 is 9.47 Å². The molecule has 96 valence electrons. The van der Waals surface area contributed by atoms with E-state index in [1.165, 1.54) is 5.56 Å². The van der Waals surface area contributed by atoms with Gasteiger partial charge >= 0.3 is 0 Å². The van der Waals surface area contributed by atoms with Crippen molar-refractivity contribution in [1.82, 2.24) is 0 Å². The highest BCUT2D eigenvalue weighted by Gasteiger charge is 2.24. The zero-order valence-electron chi connectivity index (χ0n) is 11.8. The van der Waals surface area contributed by atoms with Crippen molar-refractivity contribution in [3.05, 3.63) is 29.3 Å². The second-order valence-corrected chi connectivity index (χ2v) is 4.98. The third-order valence-corrected chi connectivity index (χ3v) is 3.57. The minimum atomic E-state index is -0.320. The van der Waals surface area contributed by atoms with Gasteiger partial charge in [0.1, 0.15) is 5.75 Å². The predicted octanol–water partition coefficient (Wildman–Crippen LogP) is 4.09. The molecule has 0 aliphatic carbocycles. The standard InChI is InChI=1S/C15H24O2/c1-7-11(2)12-8-9-13(14(10-12)16-5)15(3,4)17-6/h8-11H,7H2,1-6H3. The van der Waals surface area contributed by atoms with Crippen LogP contribution in [0.4, 0.5) is 0 Å². The van der Waals surface area contributed by atoms with Crippen molar-refractivity contribution >= 4 is 0 Å². The van der Waals surface area contributed by atoms with E-state index in [0.29, 0.717) is 5.92 Å². The second kappa shape index (κ2) is 5.54. The molecule has 0 amide bonds. The third kappa shape index (κ3) is 3.01. The van der Waals surface area contributed by atoms with Crippen LogP contribution >= 0.6 is 0 Å². The van der Waals surface area contributed by atoms with Gasteiger partial charge in [-0.3, -0.25) is 0 Å². The first kappa shape index (κ1) is 14.0. The Morgan fingerprint density at radius 1 is 1.24 bits per heavy atom. The molecule has 1 atom stereocenters. The molecule has 2 heteroatoms. The van der Waals surface area contributed by atoms with Crippen molar-refractivity contribution in [3.63, 3.8) is 0 Å². The normalized spacial score (nSPS) is 13.5. The summed E-state index contributed by atoms with van der Waals surface area (Å²) >= 11 is 0. The van der Waals surface area contributed by atoms with Crippen LogP contribution in [-0.4, -0.2) is 14.2 Å². The molecule has 0 radical (unpaired) electrons. The van der Waals surface area contributed by atoms with Crippen LogP contribution in [0.15, 0.2) is 18.2 Å². The van der Waals surface area contributed by atoms with Crippen molar-refractivity contribution in [2.75, 3.05) is 14.2 Å². The van der Waals surface area contributed by atoms with Crippen molar-refractivity contribution in [2.45, 2.75) is 45.6 Å². The first-order chi connectivity index (χ1) is 7.96. The Morgan fingerprint density at radius 2 is 1.88 bits per heavy atom. The van der Waals surface area contributed by atoms with Gasteiger partial charge in [-0.05, 0) is 37.8 Å². The quantitative estimate of drug-likeness (QED) is 0.766. The molecule has 1 aromatic carbocycles. The maximum Gasteiger partial charge on any atom is 0.125 e. The van der Waals surface area contributed by atoms with Gasteiger partial charge in [0.15, 0.2) is 0 Å². The molecule has 0 aliphatic heterocycles. The number of hydrogen-bond donors (Lipinski definition) is 0. The Hall–Kier alpha value is -1.02. The Bertz CT molecular complexity index is 369. The van der Waals surface area contributed by atoms with Crippen LogP contribution in [0, 0.1) is 0 Å². The van der Waals surface area contributed by atoms with E-state index >= 15 is 0 Å². The summed E-state index contributed by atoms with van der Waals surface area (Å²) in [5.41, 5.74) is 2.09. The largest absolute Gasteiger partial charge is 0.496 e. The average molecular weight is 236 g/mol. The summed E-state index contributed by atoms with van der Waals surface area (Å²) in [7, 11) is 3.44. The highest BCUT2D eigenvalue weighted by molar-refractivity contribution is 5.41. The number of hydrogen-bond acceptors (Lipinski definition) is 2. The van der Waals surface area contributed by atoms with Crippen molar-refractivity contribution in [3.8, 4) is 5.75 Å². The minimum Gasteiger partial charge on any atom is -0.496 e. The molecule has 1 aromatic rings. The van der Waals surface area contributed by atoms with E-state index in [-0.39, 0.29) is 5.60 Å². The highest BCUT2D eigenvalue weighted by atomic mass is 16.5. The molecule has 0 N–H and O–H groups in total. The SMILES string of the molecule is CCC(C)c1ccc(C(C)(C)OC)c(OC)c1. The monoisotopic (exact) mass is 236 g/mol. The summed E-state index contributed by atoms with van der Waals surface area (Å²) in [6, 6.07) is 6.42. The molecular formula is C15H24O2. The molecule has 1 unspecified atom stereocenters. The third-order valence-electron chi connectivity index (χ3n) is 3.57. The topological polar surface area (TPSA) is 18.5 Å². The van der Waals surface area contributed by atoms with Gasteiger partial charge in [-0.25, -0.2) is 0 Å². The van der Waals surface area contributed by atoms with E-state index in [1.54, 1.807) is 14.2 Å². The van der Waals surface area contributed by atoms with E-state index < -0.39 is 0 Å². The molecule has 2 nitrogen and oxygen atoms in total. The van der Waals surface area contributed by atoms with Crippen LogP contribution in [0.25, 0.3) is 0 Å². The number of ether oxygens (including phenoxy) is 2. The van der Waals surface area contributed by atoms with Gasteiger partial charge in [-0.15, -0.1) is 0 Å². The molecule has 17 heavy (non-hydrogen) atoms. The van der Waals surface area contributed by atoms with Crippen LogP contribution in [0.1, 0.15) is 51.2 Å². The zero-order valence-corrected chi connectivity index (χ0v) is 11.8. The first-order valence-electron chi connectivity index (χ1n) is 6.19. The number of rotatable bonds is 5. The smallest absolute Gasteiger partial charge is 0.125 e. The second-order valence-electron chi connectivity index (χ2n) is 4.98. The summed E-state index contributed by atoms with van der Waals surface area (Å²) in [6.07, 6.45) is 1.14. The van der Waals surface area contributed by atoms with E-state index in [1.807, 2.05) is 13.8 Å². The van der Waals surface area contributed by atoms with E-state index in [0.717, 1.165) is 17.7 Å². The fourth-order valence-electron chi connectivity index (χ4n) is 1.86. The van der Waals surface area contributed by atoms with Crippen molar-refractivity contribution in [1.29, 1.82) is 0 Å². The summed E-state index contributed by atoms with van der Waals surface area (Å²) in [5.74, 6) is 1.47. The Balaban J connectivity index is 3.18. The maximum atomic E-state index is 5.51. The Morgan fingerprint density at radius 3 is 2.35 bits per heavy atom. The van der Waals surface area contributed by atoms with Gasteiger partial charge in [0, 0.05) is 12.7 Å². The van der Waals surface area contributed by atoms with Crippen LogP contribution < -0.4 is 4.74 Å². The lowest BCUT2D eigenvalue weighted by atomic mass is 9.91. The molecule has 0 spiro atoms. The highest BCUT2D eigenvalue weighted by Crippen LogP contribution is 2.34. The van der Waals surface area contributed by atoms with Gasteiger partial charge in [0.2, 0.25) is 0 Å². The van der Waals surface area contributed by atoms with Crippen molar-refractivity contribution in [2.24, 2.45) is 0 Å². The van der Waals surface area contributed by atoms with E-state index in [9.17, 15) is 0 Å². The number of methoxy groups -OCH3 is 2. The molecule has 1 rings (SSSR count). The molecule has 0 bridgehead atoms. The first-order valence-corrected chi connectivity index (χ1v) is 6.19. The average Bonchev–Trinajstić information content (AvgIpc) is 2.36. The lowest BCUT2D eigenvalue weighted by Gasteiger charge is -2.26. The lowest BCUT2D eigenvalue weighted by Crippen LogP contribution is -2.20. The van der Waals surface area contributed by atoms with Crippen LogP contribution in [0.2, 0.25) is 0 Å². The number of benzene rings is 1. The maximum absolute atomic E-state index is 5.51. The molecule has 0 saturated carbocycles. The van der Waals surface area contributed by atoms with Gasteiger partial charge < -0.3 is 9.47 Å². The van der Waals surface area contributed by atoms with Gasteiger partial charge in [-0.1, -0.05) is 26.0 Å². The van der Waals surface area contributed by atoms with Crippen LogP contribution in [0.5, 0.6) is 5.75 Å². The molecule has 0 heterocycles. The lowest BCUT2D eigenvalue weighted by molar-refractivity contribution is 0.0173.